The van der Waals surface area contributed by atoms with E-state index in [4.69, 9.17) is 21.1 Å². The first-order valence-corrected chi connectivity index (χ1v) is 11.5. The van der Waals surface area contributed by atoms with Gasteiger partial charge in [-0.1, -0.05) is 12.1 Å². The Balaban J connectivity index is 0.00000289. The molecule has 9 heteroatoms. The van der Waals surface area contributed by atoms with E-state index in [1.165, 1.54) is 0 Å². The molecule has 1 N–H and O–H groups in total. The van der Waals surface area contributed by atoms with Gasteiger partial charge in [0.05, 0.1) is 35.3 Å². The number of fused-ring (bicyclic) bond motifs is 1. The first-order valence-electron chi connectivity index (χ1n) is 10.1. The summed E-state index contributed by atoms with van der Waals surface area (Å²) >= 11 is 7.71. The molecule has 0 bridgehead atoms. The number of hydrogen-bond donors (Lipinski definition) is 1. The number of anilines is 2. The van der Waals surface area contributed by atoms with E-state index in [-0.39, 0.29) is 18.3 Å². The van der Waals surface area contributed by atoms with Crippen LogP contribution in [0.2, 0.25) is 0 Å². The van der Waals surface area contributed by atoms with Gasteiger partial charge >= 0.3 is 0 Å². The van der Waals surface area contributed by atoms with Crippen LogP contribution in [0.25, 0.3) is 22.2 Å². The van der Waals surface area contributed by atoms with Crippen molar-refractivity contribution >= 4 is 57.8 Å². The second-order valence-corrected chi connectivity index (χ2v) is 8.09. The Kier molecular flexibility index (Phi) is 8.12. The number of halogens is 2. The molecular formula is C23H24Cl2N4O2S. The standard InChI is InChI=1S/C23H23ClN4O2S.ClH/c1-4-29-20-10-17-18(11-21(20)30-5-2)27-22(12-24)28-23(17)26-16-8-6-7-15(9-16)19-13-31-14(3)25-19;/h6-11,13H,4-5,12H2,1-3H3,(H,26,27,28);1H. The summed E-state index contributed by atoms with van der Waals surface area (Å²) in [4.78, 5) is 13.8. The van der Waals surface area contributed by atoms with Gasteiger partial charge in [0.15, 0.2) is 11.5 Å². The van der Waals surface area contributed by atoms with Gasteiger partial charge in [-0.25, -0.2) is 15.0 Å². The zero-order chi connectivity index (χ0) is 21.8. The maximum Gasteiger partial charge on any atom is 0.163 e. The second kappa shape index (κ2) is 10.8. The molecule has 0 aliphatic heterocycles. The van der Waals surface area contributed by atoms with Crippen LogP contribution in [0, 0.1) is 6.92 Å². The summed E-state index contributed by atoms with van der Waals surface area (Å²) in [6.45, 7) is 6.95. The first kappa shape index (κ1) is 24.0. The van der Waals surface area contributed by atoms with Gasteiger partial charge in [0.1, 0.15) is 11.6 Å². The molecule has 0 aliphatic rings. The van der Waals surface area contributed by atoms with Gasteiger partial charge in [0, 0.05) is 28.1 Å². The second-order valence-electron chi connectivity index (χ2n) is 6.76. The van der Waals surface area contributed by atoms with E-state index in [9.17, 15) is 0 Å². The lowest BCUT2D eigenvalue weighted by Crippen LogP contribution is -2.03. The molecule has 4 rings (SSSR count). The summed E-state index contributed by atoms with van der Waals surface area (Å²) in [6.07, 6.45) is 0. The topological polar surface area (TPSA) is 69.2 Å². The lowest BCUT2D eigenvalue weighted by molar-refractivity contribution is 0.288. The van der Waals surface area contributed by atoms with Gasteiger partial charge in [0.2, 0.25) is 0 Å². The highest BCUT2D eigenvalue weighted by atomic mass is 35.5. The Morgan fingerprint density at radius 3 is 2.41 bits per heavy atom. The normalized spacial score (nSPS) is 10.6. The smallest absolute Gasteiger partial charge is 0.163 e. The molecule has 168 valence electrons. The van der Waals surface area contributed by atoms with Gasteiger partial charge in [-0.3, -0.25) is 0 Å². The molecule has 0 spiro atoms. The van der Waals surface area contributed by atoms with E-state index in [0.29, 0.717) is 36.4 Å². The maximum absolute atomic E-state index is 6.08. The highest BCUT2D eigenvalue weighted by Gasteiger charge is 2.14. The fourth-order valence-electron chi connectivity index (χ4n) is 3.27. The molecule has 4 aromatic rings. The van der Waals surface area contributed by atoms with Gasteiger partial charge in [-0.05, 0) is 39.0 Å². The minimum Gasteiger partial charge on any atom is -0.490 e. The van der Waals surface area contributed by atoms with Crippen molar-refractivity contribution in [2.24, 2.45) is 0 Å². The van der Waals surface area contributed by atoms with Crippen molar-refractivity contribution in [1.29, 1.82) is 0 Å². The molecule has 0 unspecified atom stereocenters. The van der Waals surface area contributed by atoms with Crippen molar-refractivity contribution in [1.82, 2.24) is 15.0 Å². The van der Waals surface area contributed by atoms with Crippen molar-refractivity contribution in [3.05, 3.63) is 52.6 Å². The summed E-state index contributed by atoms with van der Waals surface area (Å²) in [7, 11) is 0. The maximum atomic E-state index is 6.08. The summed E-state index contributed by atoms with van der Waals surface area (Å²) in [5, 5.41) is 7.35. The number of nitrogens with one attached hydrogen (secondary N) is 1. The van der Waals surface area contributed by atoms with Gasteiger partial charge < -0.3 is 14.8 Å². The Hall–Kier alpha value is -2.61. The summed E-state index contributed by atoms with van der Waals surface area (Å²) in [6, 6.07) is 11.9. The number of aromatic nitrogens is 3. The van der Waals surface area contributed by atoms with E-state index in [2.05, 4.69) is 31.7 Å². The monoisotopic (exact) mass is 490 g/mol. The van der Waals surface area contributed by atoms with E-state index < -0.39 is 0 Å². The average Bonchev–Trinajstić information content (AvgIpc) is 3.21. The van der Waals surface area contributed by atoms with Gasteiger partial charge in [0.25, 0.3) is 0 Å². The average molecular weight is 491 g/mol. The highest BCUT2D eigenvalue weighted by Crippen LogP contribution is 2.36. The largest absolute Gasteiger partial charge is 0.490 e. The third-order valence-corrected chi connectivity index (χ3v) is 5.58. The molecule has 0 saturated carbocycles. The molecule has 0 fully saturated rings. The number of alkyl halides is 1. The third kappa shape index (κ3) is 5.23. The summed E-state index contributed by atoms with van der Waals surface area (Å²) in [5.41, 5.74) is 3.64. The molecule has 0 aliphatic carbocycles. The molecule has 2 aromatic carbocycles. The van der Waals surface area contributed by atoms with Crippen molar-refractivity contribution < 1.29 is 9.47 Å². The zero-order valence-electron chi connectivity index (χ0n) is 18.0. The minimum absolute atomic E-state index is 0. The number of nitrogens with zero attached hydrogens (tertiary/aromatic N) is 3. The van der Waals surface area contributed by atoms with Crippen LogP contribution in [0.3, 0.4) is 0 Å². The summed E-state index contributed by atoms with van der Waals surface area (Å²) < 4.78 is 11.5. The van der Waals surface area contributed by atoms with E-state index >= 15 is 0 Å². The molecule has 0 radical (unpaired) electrons. The lowest BCUT2D eigenvalue weighted by atomic mass is 10.1. The quantitative estimate of drug-likeness (QED) is 0.275. The highest BCUT2D eigenvalue weighted by molar-refractivity contribution is 7.09. The van der Waals surface area contributed by atoms with E-state index in [0.717, 1.165) is 32.9 Å². The zero-order valence-corrected chi connectivity index (χ0v) is 20.4. The SMILES string of the molecule is CCOc1cc2nc(CCl)nc(Nc3cccc(-c4csc(C)n4)c3)c2cc1OCC.Cl. The van der Waals surface area contributed by atoms with Crippen molar-refractivity contribution in [3.8, 4) is 22.8 Å². The van der Waals surface area contributed by atoms with Crippen LogP contribution < -0.4 is 14.8 Å². The van der Waals surface area contributed by atoms with E-state index in [1.807, 2.05) is 51.1 Å². The van der Waals surface area contributed by atoms with Crippen LogP contribution in [0.15, 0.2) is 41.8 Å². The lowest BCUT2D eigenvalue weighted by Gasteiger charge is -2.15. The number of benzene rings is 2. The molecule has 0 saturated heterocycles. The predicted octanol–water partition coefficient (Wildman–Crippen LogP) is 6.76. The van der Waals surface area contributed by atoms with Crippen molar-refractivity contribution in [2.45, 2.75) is 26.7 Å². The molecule has 2 aromatic heterocycles. The van der Waals surface area contributed by atoms with Gasteiger partial charge in [-0.15, -0.1) is 35.3 Å². The number of thiazole rings is 1. The van der Waals surface area contributed by atoms with Crippen molar-refractivity contribution in [3.63, 3.8) is 0 Å². The number of aryl methyl sites for hydroxylation is 1. The number of hydrogen-bond acceptors (Lipinski definition) is 7. The summed E-state index contributed by atoms with van der Waals surface area (Å²) in [5.74, 6) is 2.72. The van der Waals surface area contributed by atoms with Crippen LogP contribution in [-0.2, 0) is 5.88 Å². The predicted molar refractivity (Wildman–Crippen MR) is 134 cm³/mol. The third-order valence-electron chi connectivity index (χ3n) is 4.57. The van der Waals surface area contributed by atoms with Gasteiger partial charge in [-0.2, -0.15) is 0 Å². The van der Waals surface area contributed by atoms with Crippen molar-refractivity contribution in [2.75, 3.05) is 18.5 Å². The van der Waals surface area contributed by atoms with Crippen LogP contribution >= 0.6 is 35.3 Å². The minimum atomic E-state index is 0. The van der Waals surface area contributed by atoms with Crippen LogP contribution in [0.1, 0.15) is 24.7 Å². The Bertz CT molecular complexity index is 1220. The Labute approximate surface area is 202 Å². The fourth-order valence-corrected chi connectivity index (χ4v) is 4.01. The Morgan fingerprint density at radius 2 is 1.75 bits per heavy atom. The van der Waals surface area contributed by atoms with Crippen LogP contribution in [0.4, 0.5) is 11.5 Å². The number of ether oxygens (including phenoxy) is 2. The fraction of sp³-hybridized carbons (Fsp3) is 0.261. The Morgan fingerprint density at radius 1 is 1.00 bits per heavy atom. The number of rotatable bonds is 8. The van der Waals surface area contributed by atoms with Crippen LogP contribution in [0.5, 0.6) is 11.5 Å². The molecule has 2 heterocycles. The molecule has 0 amide bonds. The van der Waals surface area contributed by atoms with E-state index in [1.54, 1.807) is 11.3 Å². The molecular weight excluding hydrogens is 467 g/mol. The molecule has 6 nitrogen and oxygen atoms in total. The van der Waals surface area contributed by atoms with Crippen LogP contribution in [-0.4, -0.2) is 28.2 Å². The first-order chi connectivity index (χ1) is 15.1. The molecule has 0 atom stereocenters. The molecule has 32 heavy (non-hydrogen) atoms.